The van der Waals surface area contributed by atoms with Crippen molar-refractivity contribution in [3.8, 4) is 0 Å². The van der Waals surface area contributed by atoms with E-state index in [1.54, 1.807) is 30.5 Å². The number of hydrogen-bond donors (Lipinski definition) is 2. The second-order valence-corrected chi connectivity index (χ2v) is 4.19. The van der Waals surface area contributed by atoms with Gasteiger partial charge in [-0.2, -0.15) is 5.10 Å². The van der Waals surface area contributed by atoms with Crippen LogP contribution >= 0.6 is 0 Å². The molecule has 2 aromatic rings. The number of ether oxygens (including phenoxy) is 1. The average molecular weight is 274 g/mol. The maximum Gasteiger partial charge on any atom is 0.328 e. The zero-order valence-electron chi connectivity index (χ0n) is 10.7. The van der Waals surface area contributed by atoms with Gasteiger partial charge in [0.2, 0.25) is 5.91 Å². The van der Waals surface area contributed by atoms with Gasteiger partial charge in [0.25, 0.3) is 0 Å². The zero-order valence-corrected chi connectivity index (χ0v) is 10.7. The van der Waals surface area contributed by atoms with Gasteiger partial charge in [-0.15, -0.1) is 0 Å². The Morgan fingerprint density at radius 2 is 1.95 bits per heavy atom. The van der Waals surface area contributed by atoms with Crippen LogP contribution in [0.4, 0.5) is 5.69 Å². The van der Waals surface area contributed by atoms with E-state index in [9.17, 15) is 9.59 Å². The van der Waals surface area contributed by atoms with E-state index in [0.717, 1.165) is 5.56 Å². The van der Waals surface area contributed by atoms with Crippen molar-refractivity contribution in [3.63, 3.8) is 0 Å². The molecule has 7 heteroatoms. The number of amides is 1. The third kappa shape index (κ3) is 3.58. The molecule has 0 aliphatic carbocycles. The van der Waals surface area contributed by atoms with E-state index >= 15 is 0 Å². The Kier molecular flexibility index (Phi) is 3.99. The SMILES string of the molecule is NC(=O)c1ccc(COC(=O)Cn2cc(N)cn2)cc1. The number of carbonyl (C=O) groups is 2. The molecule has 0 spiro atoms. The molecule has 0 fully saturated rings. The molecule has 0 radical (unpaired) electrons. The minimum absolute atomic E-state index is 0.00340. The maximum atomic E-state index is 11.6. The minimum atomic E-state index is -0.496. The standard InChI is InChI=1S/C13H14N4O3/c14-11-5-16-17(6-11)7-12(18)20-8-9-1-3-10(4-2-9)13(15)19/h1-6H,7-8,14H2,(H2,15,19). The van der Waals surface area contributed by atoms with Crippen LogP contribution in [0.3, 0.4) is 0 Å². The average Bonchev–Trinajstić information content (AvgIpc) is 2.82. The van der Waals surface area contributed by atoms with Gasteiger partial charge in [-0.05, 0) is 17.7 Å². The predicted octanol–water partition coefficient (Wildman–Crippen LogP) is 0.308. The molecule has 1 aromatic heterocycles. The van der Waals surface area contributed by atoms with Gasteiger partial charge >= 0.3 is 5.97 Å². The van der Waals surface area contributed by atoms with Crippen molar-refractivity contribution in [2.45, 2.75) is 13.2 Å². The molecular weight excluding hydrogens is 260 g/mol. The molecule has 1 amide bonds. The summed E-state index contributed by atoms with van der Waals surface area (Å²) in [5.74, 6) is -0.920. The molecule has 0 saturated carbocycles. The number of hydrogen-bond acceptors (Lipinski definition) is 5. The lowest BCUT2D eigenvalue weighted by Gasteiger charge is -2.05. The summed E-state index contributed by atoms with van der Waals surface area (Å²) in [4.78, 5) is 22.5. The van der Waals surface area contributed by atoms with E-state index in [1.807, 2.05) is 0 Å². The largest absolute Gasteiger partial charge is 0.459 e. The molecule has 0 aliphatic rings. The summed E-state index contributed by atoms with van der Waals surface area (Å²) in [7, 11) is 0. The number of rotatable bonds is 5. The Hall–Kier alpha value is -2.83. The number of primary amides is 1. The molecule has 2 rings (SSSR count). The summed E-state index contributed by atoms with van der Waals surface area (Å²) in [6.45, 7) is 0.116. The van der Waals surface area contributed by atoms with Crippen LogP contribution < -0.4 is 11.5 Å². The van der Waals surface area contributed by atoms with Crippen molar-refractivity contribution in [2.75, 3.05) is 5.73 Å². The van der Waals surface area contributed by atoms with Crippen LogP contribution in [0, 0.1) is 0 Å². The summed E-state index contributed by atoms with van der Waals surface area (Å²) in [6, 6.07) is 6.53. The molecule has 0 aliphatic heterocycles. The second-order valence-electron chi connectivity index (χ2n) is 4.19. The van der Waals surface area contributed by atoms with Gasteiger partial charge in [-0.3, -0.25) is 14.3 Å². The summed E-state index contributed by atoms with van der Waals surface area (Å²) < 4.78 is 6.48. The van der Waals surface area contributed by atoms with Crippen LogP contribution in [0.1, 0.15) is 15.9 Å². The van der Waals surface area contributed by atoms with Crippen LogP contribution in [0.25, 0.3) is 0 Å². The summed E-state index contributed by atoms with van der Waals surface area (Å²) >= 11 is 0. The minimum Gasteiger partial charge on any atom is -0.459 e. The van der Waals surface area contributed by atoms with Crippen molar-refractivity contribution in [2.24, 2.45) is 5.73 Å². The van der Waals surface area contributed by atoms with E-state index in [4.69, 9.17) is 16.2 Å². The molecule has 0 atom stereocenters. The molecule has 20 heavy (non-hydrogen) atoms. The maximum absolute atomic E-state index is 11.6. The lowest BCUT2D eigenvalue weighted by atomic mass is 10.1. The van der Waals surface area contributed by atoms with E-state index in [2.05, 4.69) is 5.10 Å². The molecule has 0 saturated heterocycles. The lowest BCUT2D eigenvalue weighted by Crippen LogP contribution is -2.14. The van der Waals surface area contributed by atoms with Crippen molar-refractivity contribution in [1.82, 2.24) is 9.78 Å². The Morgan fingerprint density at radius 1 is 1.25 bits per heavy atom. The third-order valence-electron chi connectivity index (χ3n) is 2.58. The Labute approximate surface area is 115 Å². The summed E-state index contributed by atoms with van der Waals surface area (Å²) in [6.07, 6.45) is 3.00. The van der Waals surface area contributed by atoms with Gasteiger partial charge in [-0.1, -0.05) is 12.1 Å². The van der Waals surface area contributed by atoms with Crippen molar-refractivity contribution in [3.05, 3.63) is 47.8 Å². The first-order valence-corrected chi connectivity index (χ1v) is 5.87. The quantitative estimate of drug-likeness (QED) is 0.762. The zero-order chi connectivity index (χ0) is 14.5. The fraction of sp³-hybridized carbons (Fsp3) is 0.154. The van der Waals surface area contributed by atoms with Gasteiger partial charge in [-0.25, -0.2) is 0 Å². The Balaban J connectivity index is 1.85. The molecule has 7 nitrogen and oxygen atoms in total. The first-order chi connectivity index (χ1) is 9.54. The number of anilines is 1. The number of esters is 1. The normalized spacial score (nSPS) is 10.2. The number of benzene rings is 1. The Bertz CT molecular complexity index is 619. The topological polar surface area (TPSA) is 113 Å². The highest BCUT2D eigenvalue weighted by Crippen LogP contribution is 2.06. The number of carbonyl (C=O) groups excluding carboxylic acids is 2. The number of nitrogen functional groups attached to an aromatic ring is 1. The molecule has 1 heterocycles. The first-order valence-electron chi connectivity index (χ1n) is 5.87. The van der Waals surface area contributed by atoms with E-state index < -0.39 is 11.9 Å². The van der Waals surface area contributed by atoms with Crippen LogP contribution in [0.15, 0.2) is 36.7 Å². The van der Waals surface area contributed by atoms with Gasteiger partial charge < -0.3 is 16.2 Å². The fourth-order valence-corrected chi connectivity index (χ4v) is 1.57. The molecular formula is C13H14N4O3. The van der Waals surface area contributed by atoms with E-state index in [-0.39, 0.29) is 13.2 Å². The van der Waals surface area contributed by atoms with Crippen molar-refractivity contribution < 1.29 is 14.3 Å². The van der Waals surface area contributed by atoms with Crippen LogP contribution in [-0.4, -0.2) is 21.7 Å². The molecule has 0 bridgehead atoms. The number of nitrogens with zero attached hydrogens (tertiary/aromatic N) is 2. The molecule has 4 N–H and O–H groups in total. The van der Waals surface area contributed by atoms with Crippen molar-refractivity contribution >= 4 is 17.6 Å². The number of nitrogens with two attached hydrogens (primary N) is 2. The van der Waals surface area contributed by atoms with E-state index in [1.165, 1.54) is 10.9 Å². The smallest absolute Gasteiger partial charge is 0.328 e. The predicted molar refractivity (Wildman–Crippen MR) is 71.4 cm³/mol. The Morgan fingerprint density at radius 3 is 2.50 bits per heavy atom. The third-order valence-corrected chi connectivity index (χ3v) is 2.58. The lowest BCUT2D eigenvalue weighted by molar-refractivity contribution is -0.145. The molecule has 104 valence electrons. The summed E-state index contributed by atoms with van der Waals surface area (Å²) in [5.41, 5.74) is 12.3. The van der Waals surface area contributed by atoms with Crippen molar-refractivity contribution in [1.29, 1.82) is 0 Å². The van der Waals surface area contributed by atoms with Crippen LogP contribution in [-0.2, 0) is 22.7 Å². The highest BCUT2D eigenvalue weighted by atomic mass is 16.5. The van der Waals surface area contributed by atoms with Gasteiger partial charge in [0, 0.05) is 11.8 Å². The summed E-state index contributed by atoms with van der Waals surface area (Å²) in [5, 5.41) is 3.88. The molecule has 0 unspecified atom stereocenters. The van der Waals surface area contributed by atoms with Gasteiger partial charge in [0.15, 0.2) is 0 Å². The highest BCUT2D eigenvalue weighted by molar-refractivity contribution is 5.92. The fourth-order valence-electron chi connectivity index (χ4n) is 1.57. The van der Waals surface area contributed by atoms with E-state index in [0.29, 0.717) is 11.3 Å². The molecule has 1 aromatic carbocycles. The first kappa shape index (κ1) is 13.6. The van der Waals surface area contributed by atoms with Gasteiger partial charge in [0.05, 0.1) is 11.9 Å². The van der Waals surface area contributed by atoms with Crippen LogP contribution in [0.5, 0.6) is 0 Å². The monoisotopic (exact) mass is 274 g/mol. The van der Waals surface area contributed by atoms with Crippen LogP contribution in [0.2, 0.25) is 0 Å². The van der Waals surface area contributed by atoms with Gasteiger partial charge in [0.1, 0.15) is 13.2 Å². The highest BCUT2D eigenvalue weighted by Gasteiger charge is 2.06. The number of aromatic nitrogens is 2. The second kappa shape index (κ2) is 5.87.